The number of carboxylic acids is 1. The summed E-state index contributed by atoms with van der Waals surface area (Å²) in [7, 11) is 1.84. The second kappa shape index (κ2) is 12.1. The van der Waals surface area contributed by atoms with Gasteiger partial charge in [-0.2, -0.15) is 0 Å². The third kappa shape index (κ3) is 8.28. The van der Waals surface area contributed by atoms with Crippen LogP contribution >= 0.6 is 12.4 Å². The lowest BCUT2D eigenvalue weighted by Gasteiger charge is -2.26. The zero-order valence-corrected chi connectivity index (χ0v) is 18.3. The highest BCUT2D eigenvalue weighted by Gasteiger charge is 2.24. The van der Waals surface area contributed by atoms with Crippen molar-refractivity contribution < 1.29 is 19.1 Å². The molecule has 0 bridgehead atoms. The van der Waals surface area contributed by atoms with Gasteiger partial charge in [-0.05, 0) is 56.5 Å². The molecular formula is C21H33ClFN3O3. The fraction of sp³-hybridized carbons (Fsp3) is 0.619. The van der Waals surface area contributed by atoms with Crippen LogP contribution < -0.4 is 5.32 Å². The first-order chi connectivity index (χ1) is 13.3. The zero-order chi connectivity index (χ0) is 20.7. The number of carbonyl (C=O) groups is 2. The topological polar surface area (TPSA) is 72.9 Å². The first-order valence-electron chi connectivity index (χ1n) is 9.95. The van der Waals surface area contributed by atoms with Crippen LogP contribution in [0.15, 0.2) is 24.3 Å². The summed E-state index contributed by atoms with van der Waals surface area (Å²) in [5.41, 5.74) is 0.899. The molecule has 1 aromatic carbocycles. The predicted molar refractivity (Wildman–Crippen MR) is 114 cm³/mol. The molecule has 0 radical (unpaired) electrons. The standard InChI is InChI=1S/C21H32FN3O3.ClH/c1-15(2)21(16-6-8-17(22)9-7-16)23-19(26)13-25-11-4-5-18(10-12-25)24(3)14-20(27)28;/h6-9,15,18,21H,4-5,10-14H2,1-3H3,(H,23,26)(H,27,28);1H. The number of benzene rings is 1. The SMILES string of the molecule is CC(C)C(NC(=O)CN1CCCC(N(C)CC(=O)O)CC1)c1ccc(F)cc1.Cl. The molecule has 1 aliphatic rings. The van der Waals surface area contributed by atoms with Gasteiger partial charge in [0.25, 0.3) is 0 Å². The molecule has 1 aliphatic heterocycles. The van der Waals surface area contributed by atoms with Crippen LogP contribution in [0.1, 0.15) is 44.7 Å². The quantitative estimate of drug-likeness (QED) is 0.664. The molecule has 1 amide bonds. The number of nitrogens with zero attached hydrogens (tertiary/aromatic N) is 2. The average Bonchev–Trinajstić information content (AvgIpc) is 2.85. The summed E-state index contributed by atoms with van der Waals surface area (Å²) in [4.78, 5) is 27.6. The third-order valence-electron chi connectivity index (χ3n) is 5.38. The fourth-order valence-corrected chi connectivity index (χ4v) is 3.81. The minimum atomic E-state index is -0.816. The predicted octanol–water partition coefficient (Wildman–Crippen LogP) is 2.93. The van der Waals surface area contributed by atoms with Crippen LogP contribution in [0.25, 0.3) is 0 Å². The monoisotopic (exact) mass is 429 g/mol. The van der Waals surface area contributed by atoms with Crippen molar-refractivity contribution >= 4 is 24.3 Å². The molecule has 0 aromatic heterocycles. The lowest BCUT2D eigenvalue weighted by atomic mass is 9.96. The van der Waals surface area contributed by atoms with Crippen LogP contribution in [0.3, 0.4) is 0 Å². The number of hydrogen-bond acceptors (Lipinski definition) is 4. The van der Waals surface area contributed by atoms with E-state index < -0.39 is 5.97 Å². The number of nitrogens with one attached hydrogen (secondary N) is 1. The molecule has 0 spiro atoms. The van der Waals surface area contributed by atoms with Gasteiger partial charge in [-0.3, -0.25) is 19.4 Å². The minimum absolute atomic E-state index is 0. The van der Waals surface area contributed by atoms with Gasteiger partial charge in [0.2, 0.25) is 5.91 Å². The van der Waals surface area contributed by atoms with E-state index in [2.05, 4.69) is 10.2 Å². The Hall–Kier alpha value is -1.70. The van der Waals surface area contributed by atoms with Gasteiger partial charge in [0, 0.05) is 12.6 Å². The zero-order valence-electron chi connectivity index (χ0n) is 17.4. The van der Waals surface area contributed by atoms with Gasteiger partial charge in [-0.1, -0.05) is 26.0 Å². The Kier molecular flexibility index (Phi) is 10.6. The molecule has 0 saturated carbocycles. The van der Waals surface area contributed by atoms with Crippen LogP contribution in [-0.2, 0) is 9.59 Å². The molecule has 2 N–H and O–H groups in total. The van der Waals surface area contributed by atoms with E-state index >= 15 is 0 Å². The highest BCUT2D eigenvalue weighted by atomic mass is 35.5. The molecular weight excluding hydrogens is 397 g/mol. The largest absolute Gasteiger partial charge is 0.480 e. The van der Waals surface area contributed by atoms with Gasteiger partial charge in [-0.25, -0.2) is 4.39 Å². The highest BCUT2D eigenvalue weighted by molar-refractivity contribution is 5.85. The van der Waals surface area contributed by atoms with E-state index in [4.69, 9.17) is 5.11 Å². The summed E-state index contributed by atoms with van der Waals surface area (Å²) in [5, 5.41) is 12.1. The first-order valence-corrected chi connectivity index (χ1v) is 9.95. The van der Waals surface area contributed by atoms with E-state index in [1.807, 2.05) is 25.8 Å². The number of carboxylic acid groups (broad SMARTS) is 1. The number of likely N-dealkylation sites (N-methyl/N-ethyl adjacent to an activating group) is 1. The van der Waals surface area contributed by atoms with Crippen LogP contribution in [0.2, 0.25) is 0 Å². The maximum absolute atomic E-state index is 13.2. The number of likely N-dealkylation sites (tertiary alicyclic amines) is 1. The molecule has 164 valence electrons. The smallest absolute Gasteiger partial charge is 0.317 e. The van der Waals surface area contributed by atoms with Crippen molar-refractivity contribution in [3.63, 3.8) is 0 Å². The van der Waals surface area contributed by atoms with E-state index in [9.17, 15) is 14.0 Å². The highest BCUT2D eigenvalue weighted by Crippen LogP contribution is 2.22. The Labute approximate surface area is 178 Å². The average molecular weight is 430 g/mol. The molecule has 1 saturated heterocycles. The van der Waals surface area contributed by atoms with Crippen molar-refractivity contribution in [3.8, 4) is 0 Å². The second-order valence-electron chi connectivity index (χ2n) is 8.01. The Morgan fingerprint density at radius 1 is 1.24 bits per heavy atom. The summed E-state index contributed by atoms with van der Waals surface area (Å²) in [5.74, 6) is -0.957. The van der Waals surface area contributed by atoms with Crippen molar-refractivity contribution in [2.24, 2.45) is 5.92 Å². The van der Waals surface area contributed by atoms with E-state index in [1.165, 1.54) is 12.1 Å². The number of rotatable bonds is 8. The Morgan fingerprint density at radius 3 is 2.48 bits per heavy atom. The van der Waals surface area contributed by atoms with Gasteiger partial charge in [0.1, 0.15) is 5.82 Å². The maximum Gasteiger partial charge on any atom is 0.317 e. The van der Waals surface area contributed by atoms with Crippen LogP contribution in [-0.4, -0.2) is 66.1 Å². The maximum atomic E-state index is 13.2. The number of amides is 1. The summed E-state index contributed by atoms with van der Waals surface area (Å²) in [6, 6.07) is 6.34. The van der Waals surface area contributed by atoms with Crippen molar-refractivity contribution in [3.05, 3.63) is 35.6 Å². The van der Waals surface area contributed by atoms with E-state index in [-0.39, 0.29) is 48.7 Å². The number of aliphatic carboxylic acids is 1. The van der Waals surface area contributed by atoms with Gasteiger partial charge >= 0.3 is 5.97 Å². The van der Waals surface area contributed by atoms with Crippen LogP contribution in [0.5, 0.6) is 0 Å². The Balaban J connectivity index is 0.00000420. The molecule has 8 heteroatoms. The van der Waals surface area contributed by atoms with Gasteiger partial charge in [0.15, 0.2) is 0 Å². The van der Waals surface area contributed by atoms with E-state index in [0.717, 1.165) is 37.9 Å². The van der Waals surface area contributed by atoms with E-state index in [1.54, 1.807) is 12.1 Å². The molecule has 1 fully saturated rings. The molecule has 2 atom stereocenters. The molecule has 1 heterocycles. The molecule has 1 aromatic rings. The molecule has 2 unspecified atom stereocenters. The Morgan fingerprint density at radius 2 is 1.90 bits per heavy atom. The summed E-state index contributed by atoms with van der Waals surface area (Å²) in [6.45, 7) is 6.02. The lowest BCUT2D eigenvalue weighted by Crippen LogP contribution is -2.41. The van der Waals surface area contributed by atoms with Gasteiger partial charge < -0.3 is 10.4 Å². The number of halogens is 2. The first kappa shape index (κ1) is 25.3. The fourth-order valence-electron chi connectivity index (χ4n) is 3.81. The van der Waals surface area contributed by atoms with Gasteiger partial charge in [-0.15, -0.1) is 12.4 Å². The number of hydrogen-bond donors (Lipinski definition) is 2. The van der Waals surface area contributed by atoms with Crippen molar-refractivity contribution in [1.29, 1.82) is 0 Å². The Bertz CT molecular complexity index is 657. The third-order valence-corrected chi connectivity index (χ3v) is 5.38. The van der Waals surface area contributed by atoms with Crippen LogP contribution in [0.4, 0.5) is 4.39 Å². The summed E-state index contributed by atoms with van der Waals surface area (Å²) >= 11 is 0. The van der Waals surface area contributed by atoms with E-state index in [0.29, 0.717) is 6.54 Å². The van der Waals surface area contributed by atoms with Crippen LogP contribution in [0, 0.1) is 11.7 Å². The summed E-state index contributed by atoms with van der Waals surface area (Å²) in [6.07, 6.45) is 2.72. The van der Waals surface area contributed by atoms with Gasteiger partial charge in [0.05, 0.1) is 19.1 Å². The van der Waals surface area contributed by atoms with Crippen molar-refractivity contribution in [2.45, 2.75) is 45.2 Å². The molecule has 29 heavy (non-hydrogen) atoms. The second-order valence-corrected chi connectivity index (χ2v) is 8.01. The van der Waals surface area contributed by atoms with Crippen molar-refractivity contribution in [1.82, 2.24) is 15.1 Å². The lowest BCUT2D eigenvalue weighted by molar-refractivity contribution is -0.138. The van der Waals surface area contributed by atoms with Crippen molar-refractivity contribution in [2.75, 3.05) is 33.2 Å². The minimum Gasteiger partial charge on any atom is -0.480 e. The summed E-state index contributed by atoms with van der Waals surface area (Å²) < 4.78 is 13.2. The number of carbonyl (C=O) groups excluding carboxylic acids is 1. The molecule has 0 aliphatic carbocycles. The normalized spacial score (nSPS) is 18.8. The molecule has 6 nitrogen and oxygen atoms in total. The molecule has 2 rings (SSSR count).